The zero-order valence-electron chi connectivity index (χ0n) is 14.8. The summed E-state index contributed by atoms with van der Waals surface area (Å²) in [4.78, 5) is 25.9. The second-order valence-corrected chi connectivity index (χ2v) is 7.00. The summed E-state index contributed by atoms with van der Waals surface area (Å²) in [5.74, 6) is -2.63. The van der Waals surface area contributed by atoms with Gasteiger partial charge in [0, 0.05) is 13.1 Å². The molecule has 2 unspecified atom stereocenters. The summed E-state index contributed by atoms with van der Waals surface area (Å²) in [6.45, 7) is 6.59. The lowest BCUT2D eigenvalue weighted by atomic mass is 9.81. The summed E-state index contributed by atoms with van der Waals surface area (Å²) in [5.41, 5.74) is -0.0890. The van der Waals surface area contributed by atoms with Crippen LogP contribution in [0.15, 0.2) is 43.0 Å². The number of halogens is 3. The highest BCUT2D eigenvalue weighted by molar-refractivity contribution is 5.88. The molecule has 1 saturated heterocycles. The van der Waals surface area contributed by atoms with E-state index in [1.807, 2.05) is 30.3 Å². The van der Waals surface area contributed by atoms with Crippen LogP contribution in [0.1, 0.15) is 25.8 Å². The molecule has 0 spiro atoms. The maximum absolute atomic E-state index is 13.3. The number of piperidine rings is 1. The molecule has 0 bridgehead atoms. The van der Waals surface area contributed by atoms with E-state index in [9.17, 15) is 22.8 Å². The smallest absolute Gasteiger partial charge is 0.347 e. The van der Waals surface area contributed by atoms with Crippen LogP contribution in [-0.4, -0.2) is 42.0 Å². The summed E-state index contributed by atoms with van der Waals surface area (Å²) in [5, 5.41) is 2.33. The fraction of sp³-hybridized carbons (Fsp3) is 0.474. The second-order valence-electron chi connectivity index (χ2n) is 7.00. The monoisotopic (exact) mass is 368 g/mol. The number of rotatable bonds is 4. The number of nitrogens with zero attached hydrogens (tertiary/aromatic N) is 1. The zero-order valence-corrected chi connectivity index (χ0v) is 14.8. The molecule has 1 aromatic carbocycles. The van der Waals surface area contributed by atoms with Crippen LogP contribution in [0.4, 0.5) is 13.2 Å². The normalized spacial score (nSPS) is 21.2. The molecule has 1 fully saturated rings. The van der Waals surface area contributed by atoms with Gasteiger partial charge in [-0.3, -0.25) is 9.59 Å². The van der Waals surface area contributed by atoms with Crippen molar-refractivity contribution in [3.05, 3.63) is 48.6 Å². The predicted molar refractivity (Wildman–Crippen MR) is 92.3 cm³/mol. The van der Waals surface area contributed by atoms with Crippen molar-refractivity contribution in [3.8, 4) is 0 Å². The maximum atomic E-state index is 13.3. The number of likely N-dealkylation sites (tertiary alicyclic amines) is 1. The Morgan fingerprint density at radius 3 is 2.38 bits per heavy atom. The first-order valence-electron chi connectivity index (χ1n) is 8.42. The fourth-order valence-electron chi connectivity index (χ4n) is 3.29. The Kier molecular flexibility index (Phi) is 5.78. The van der Waals surface area contributed by atoms with Gasteiger partial charge < -0.3 is 10.2 Å². The van der Waals surface area contributed by atoms with E-state index in [1.165, 1.54) is 4.90 Å². The number of benzene rings is 1. The first kappa shape index (κ1) is 20.0. The molecule has 142 valence electrons. The Hall–Kier alpha value is -2.31. The largest absolute Gasteiger partial charge is 0.393 e. The summed E-state index contributed by atoms with van der Waals surface area (Å²) >= 11 is 0. The van der Waals surface area contributed by atoms with Crippen LogP contribution < -0.4 is 5.32 Å². The van der Waals surface area contributed by atoms with Crippen LogP contribution in [0, 0.1) is 5.92 Å². The second kappa shape index (κ2) is 7.51. The molecule has 26 heavy (non-hydrogen) atoms. The minimum Gasteiger partial charge on any atom is -0.347 e. The van der Waals surface area contributed by atoms with Gasteiger partial charge in [0.2, 0.25) is 11.8 Å². The Morgan fingerprint density at radius 2 is 1.85 bits per heavy atom. The van der Waals surface area contributed by atoms with Crippen LogP contribution >= 0.6 is 0 Å². The van der Waals surface area contributed by atoms with Gasteiger partial charge in [0.05, 0.1) is 17.4 Å². The summed E-state index contributed by atoms with van der Waals surface area (Å²) in [6.07, 6.45) is -3.76. The van der Waals surface area contributed by atoms with Gasteiger partial charge in [0.25, 0.3) is 0 Å². The number of nitrogens with one attached hydrogen (secondary N) is 1. The fourth-order valence-corrected chi connectivity index (χ4v) is 3.29. The molecule has 1 aliphatic heterocycles. The molecular weight excluding hydrogens is 345 g/mol. The van der Waals surface area contributed by atoms with E-state index < -0.39 is 29.5 Å². The minimum atomic E-state index is -4.44. The number of carbonyl (C=O) groups excluding carboxylic acids is 2. The third kappa shape index (κ3) is 4.26. The van der Waals surface area contributed by atoms with Crippen LogP contribution in [0.25, 0.3) is 0 Å². The average Bonchev–Trinajstić information content (AvgIpc) is 2.60. The third-order valence-corrected chi connectivity index (χ3v) is 4.86. The molecule has 4 nitrogen and oxygen atoms in total. The third-order valence-electron chi connectivity index (χ3n) is 4.86. The van der Waals surface area contributed by atoms with Crippen molar-refractivity contribution in [1.82, 2.24) is 10.2 Å². The topological polar surface area (TPSA) is 49.4 Å². The first-order chi connectivity index (χ1) is 12.1. The van der Waals surface area contributed by atoms with E-state index in [-0.39, 0.29) is 25.4 Å². The average molecular weight is 368 g/mol. The molecule has 7 heteroatoms. The molecule has 2 amide bonds. The lowest BCUT2D eigenvalue weighted by molar-refractivity contribution is -0.194. The number of alkyl halides is 3. The molecule has 0 radical (unpaired) electrons. The molecule has 0 saturated carbocycles. The van der Waals surface area contributed by atoms with E-state index in [2.05, 4.69) is 11.9 Å². The van der Waals surface area contributed by atoms with Gasteiger partial charge in [-0.05, 0) is 31.9 Å². The predicted octanol–water partition coefficient (Wildman–Crippen LogP) is 3.05. The van der Waals surface area contributed by atoms with E-state index in [4.69, 9.17) is 0 Å². The van der Waals surface area contributed by atoms with Crippen molar-refractivity contribution in [2.45, 2.75) is 37.9 Å². The van der Waals surface area contributed by atoms with Crippen molar-refractivity contribution in [1.29, 1.82) is 0 Å². The van der Waals surface area contributed by atoms with Gasteiger partial charge >= 0.3 is 6.18 Å². The minimum absolute atomic E-state index is 0.000265. The van der Waals surface area contributed by atoms with E-state index in [0.29, 0.717) is 0 Å². The molecule has 0 aliphatic carbocycles. The molecule has 2 atom stereocenters. The summed E-state index contributed by atoms with van der Waals surface area (Å²) < 4.78 is 39.9. The van der Waals surface area contributed by atoms with Crippen molar-refractivity contribution >= 4 is 11.8 Å². The van der Waals surface area contributed by atoms with E-state index in [1.54, 1.807) is 13.8 Å². The molecule has 1 aromatic rings. The molecule has 1 heterocycles. The zero-order chi connectivity index (χ0) is 19.5. The van der Waals surface area contributed by atoms with Crippen molar-refractivity contribution in [2.75, 3.05) is 13.1 Å². The number of carbonyl (C=O) groups is 2. The molecule has 1 aliphatic rings. The van der Waals surface area contributed by atoms with Gasteiger partial charge in [0.1, 0.15) is 0 Å². The molecular formula is C19H23F3N2O2. The standard InChI is InChI=1S/C19H23F3N2O2/c1-4-16(25)23-15-12-24(11-10-14(15)19(20,21)22)17(26)18(2,3)13-8-6-5-7-9-13/h4-9,14-15H,1,10-12H2,2-3H3,(H,23,25). The molecule has 1 N–H and O–H groups in total. The van der Waals surface area contributed by atoms with Crippen molar-refractivity contribution in [3.63, 3.8) is 0 Å². The van der Waals surface area contributed by atoms with E-state index >= 15 is 0 Å². The van der Waals surface area contributed by atoms with Crippen LogP contribution in [0.3, 0.4) is 0 Å². The molecule has 2 rings (SSSR count). The highest BCUT2D eigenvalue weighted by Gasteiger charge is 2.49. The van der Waals surface area contributed by atoms with Gasteiger partial charge in [-0.25, -0.2) is 0 Å². The molecule has 0 aromatic heterocycles. The Bertz CT molecular complexity index is 671. The number of hydrogen-bond donors (Lipinski definition) is 1. The number of amides is 2. The quantitative estimate of drug-likeness (QED) is 0.831. The highest BCUT2D eigenvalue weighted by Crippen LogP contribution is 2.36. The van der Waals surface area contributed by atoms with Crippen molar-refractivity contribution < 1.29 is 22.8 Å². The van der Waals surface area contributed by atoms with Gasteiger partial charge in [-0.2, -0.15) is 13.2 Å². The van der Waals surface area contributed by atoms with Crippen LogP contribution in [0.2, 0.25) is 0 Å². The van der Waals surface area contributed by atoms with Gasteiger partial charge in [-0.1, -0.05) is 36.9 Å². The highest BCUT2D eigenvalue weighted by atomic mass is 19.4. The summed E-state index contributed by atoms with van der Waals surface area (Å²) in [6, 6.07) is 7.90. The lowest BCUT2D eigenvalue weighted by Crippen LogP contribution is -2.59. The Balaban J connectivity index is 2.22. The van der Waals surface area contributed by atoms with Crippen LogP contribution in [0.5, 0.6) is 0 Å². The summed E-state index contributed by atoms with van der Waals surface area (Å²) in [7, 11) is 0. The first-order valence-corrected chi connectivity index (χ1v) is 8.42. The SMILES string of the molecule is C=CC(=O)NC1CN(C(=O)C(C)(C)c2ccccc2)CCC1C(F)(F)F. The maximum Gasteiger partial charge on any atom is 0.393 e. The Morgan fingerprint density at radius 1 is 1.23 bits per heavy atom. The van der Waals surface area contributed by atoms with Crippen molar-refractivity contribution in [2.24, 2.45) is 5.92 Å². The van der Waals surface area contributed by atoms with Gasteiger partial charge in [0.15, 0.2) is 0 Å². The Labute approximate surface area is 151 Å². The number of hydrogen-bond acceptors (Lipinski definition) is 2. The van der Waals surface area contributed by atoms with Crippen LogP contribution in [-0.2, 0) is 15.0 Å². The van der Waals surface area contributed by atoms with E-state index in [0.717, 1.165) is 11.6 Å². The lowest BCUT2D eigenvalue weighted by Gasteiger charge is -2.42. The van der Waals surface area contributed by atoms with Gasteiger partial charge in [-0.15, -0.1) is 0 Å².